The second kappa shape index (κ2) is 7.38. The minimum absolute atomic E-state index is 0.0691. The molecule has 1 aliphatic rings. The maximum absolute atomic E-state index is 12.8. The van der Waals surface area contributed by atoms with Crippen molar-refractivity contribution < 1.29 is 0 Å². The summed E-state index contributed by atoms with van der Waals surface area (Å²) in [6.07, 6.45) is 2.80. The number of hydrogen-bond acceptors (Lipinski definition) is 4. The molecule has 0 radical (unpaired) electrons. The lowest BCUT2D eigenvalue weighted by molar-refractivity contribution is 0.238. The minimum atomic E-state index is -0.0691. The number of fused-ring (bicyclic) bond motifs is 2. The van der Waals surface area contributed by atoms with Crippen molar-refractivity contribution in [2.75, 3.05) is 6.54 Å². The fraction of sp³-hybridized carbons (Fsp3) is 0.261. The van der Waals surface area contributed by atoms with E-state index in [0.717, 1.165) is 53.2 Å². The van der Waals surface area contributed by atoms with Crippen LogP contribution in [0, 0.1) is 13.8 Å². The Bertz CT molecular complexity index is 1310. The summed E-state index contributed by atoms with van der Waals surface area (Å²) in [6, 6.07) is 11.5. The van der Waals surface area contributed by atoms with Gasteiger partial charge in [-0.2, -0.15) is 0 Å². The summed E-state index contributed by atoms with van der Waals surface area (Å²) >= 11 is 5.97. The van der Waals surface area contributed by atoms with Crippen molar-refractivity contribution in [3.8, 4) is 11.4 Å². The van der Waals surface area contributed by atoms with Gasteiger partial charge in [-0.25, -0.2) is 9.97 Å². The van der Waals surface area contributed by atoms with Crippen molar-refractivity contribution in [3.05, 3.63) is 86.2 Å². The second-order valence-electron chi connectivity index (χ2n) is 7.84. The van der Waals surface area contributed by atoms with Crippen LogP contribution in [0.15, 0.2) is 47.4 Å². The molecule has 0 unspecified atom stereocenters. The van der Waals surface area contributed by atoms with Gasteiger partial charge < -0.3 is 9.38 Å². The van der Waals surface area contributed by atoms with E-state index in [0.29, 0.717) is 17.4 Å². The molecule has 152 valence electrons. The number of pyridine rings is 1. The van der Waals surface area contributed by atoms with Crippen molar-refractivity contribution in [2.45, 2.75) is 33.4 Å². The van der Waals surface area contributed by atoms with Gasteiger partial charge in [0.25, 0.3) is 5.56 Å². The summed E-state index contributed by atoms with van der Waals surface area (Å²) in [4.78, 5) is 27.5. The molecule has 0 saturated carbocycles. The number of benzene rings is 1. The number of halogens is 1. The molecule has 7 heteroatoms. The molecule has 0 amide bonds. The zero-order chi connectivity index (χ0) is 20.8. The van der Waals surface area contributed by atoms with Crippen LogP contribution in [-0.4, -0.2) is 30.8 Å². The molecule has 4 aromatic rings. The predicted molar refractivity (Wildman–Crippen MR) is 118 cm³/mol. The number of H-pyrrole nitrogens is 1. The third-order valence-corrected chi connectivity index (χ3v) is 6.03. The first-order chi connectivity index (χ1) is 14.5. The van der Waals surface area contributed by atoms with Gasteiger partial charge in [-0.1, -0.05) is 17.7 Å². The third kappa shape index (κ3) is 3.32. The Morgan fingerprint density at radius 3 is 2.73 bits per heavy atom. The zero-order valence-electron chi connectivity index (χ0n) is 16.9. The Morgan fingerprint density at radius 1 is 1.13 bits per heavy atom. The molecule has 0 fully saturated rings. The Kier molecular flexibility index (Phi) is 4.68. The summed E-state index contributed by atoms with van der Waals surface area (Å²) in [7, 11) is 0. The Morgan fingerprint density at radius 2 is 1.93 bits per heavy atom. The molecule has 5 rings (SSSR count). The molecule has 0 aliphatic carbocycles. The Labute approximate surface area is 179 Å². The van der Waals surface area contributed by atoms with E-state index >= 15 is 0 Å². The molecule has 0 atom stereocenters. The van der Waals surface area contributed by atoms with Gasteiger partial charge in [-0.15, -0.1) is 0 Å². The van der Waals surface area contributed by atoms with Gasteiger partial charge in [0.15, 0.2) is 0 Å². The van der Waals surface area contributed by atoms with E-state index < -0.39 is 0 Å². The molecule has 0 bridgehead atoms. The summed E-state index contributed by atoms with van der Waals surface area (Å²) in [5.41, 5.74) is 6.77. The van der Waals surface area contributed by atoms with Gasteiger partial charge in [0.2, 0.25) is 0 Å². The molecule has 3 aromatic heterocycles. The molecule has 0 saturated heterocycles. The van der Waals surface area contributed by atoms with Crippen molar-refractivity contribution in [3.63, 3.8) is 0 Å². The molecular formula is C23H22ClN5O. The van der Waals surface area contributed by atoms with Gasteiger partial charge >= 0.3 is 0 Å². The van der Waals surface area contributed by atoms with E-state index in [-0.39, 0.29) is 5.56 Å². The third-order valence-electron chi connectivity index (χ3n) is 5.78. The van der Waals surface area contributed by atoms with Gasteiger partial charge in [-0.05, 0) is 49.7 Å². The number of nitrogens with zero attached hydrogens (tertiary/aromatic N) is 4. The molecule has 30 heavy (non-hydrogen) atoms. The maximum Gasteiger partial charge on any atom is 0.255 e. The zero-order valence-corrected chi connectivity index (χ0v) is 17.7. The van der Waals surface area contributed by atoms with Crippen molar-refractivity contribution in [1.29, 1.82) is 0 Å². The van der Waals surface area contributed by atoms with Crippen molar-refractivity contribution >= 4 is 17.2 Å². The lowest BCUT2D eigenvalue weighted by Gasteiger charge is -2.27. The maximum atomic E-state index is 12.8. The highest BCUT2D eigenvalue weighted by atomic mass is 35.5. The largest absolute Gasteiger partial charge is 0.306 e. The summed E-state index contributed by atoms with van der Waals surface area (Å²) in [5, 5.41) is 0.660. The van der Waals surface area contributed by atoms with E-state index in [9.17, 15) is 4.79 Å². The smallest absolute Gasteiger partial charge is 0.255 e. The second-order valence-corrected chi connectivity index (χ2v) is 8.27. The number of nitrogens with one attached hydrogen (secondary N) is 1. The van der Waals surface area contributed by atoms with Crippen LogP contribution >= 0.6 is 11.6 Å². The topological polar surface area (TPSA) is 66.3 Å². The van der Waals surface area contributed by atoms with Gasteiger partial charge in [0, 0.05) is 42.8 Å². The highest BCUT2D eigenvalue weighted by Crippen LogP contribution is 2.23. The number of aromatic nitrogens is 4. The lowest BCUT2D eigenvalue weighted by Crippen LogP contribution is -2.35. The SMILES string of the molecule is Cc1nc2c(C)cccn2c1CN1CCc2nc(-c3ccc(Cl)cc3)[nH]c(=O)c2C1. The van der Waals surface area contributed by atoms with Crippen LogP contribution in [0.2, 0.25) is 5.02 Å². The van der Waals surface area contributed by atoms with Crippen LogP contribution < -0.4 is 5.56 Å². The monoisotopic (exact) mass is 419 g/mol. The first kappa shape index (κ1) is 19.0. The quantitative estimate of drug-likeness (QED) is 0.546. The standard InChI is InChI=1S/C23H22ClN5O/c1-14-4-3-10-29-20(15(2)25-22(14)29)13-28-11-9-19-18(12-28)23(30)27-21(26-19)16-5-7-17(24)8-6-16/h3-8,10H,9,11-13H2,1-2H3,(H,26,27,30). The van der Waals surface area contributed by atoms with Crippen LogP contribution in [0.5, 0.6) is 0 Å². The first-order valence-corrected chi connectivity index (χ1v) is 10.4. The number of rotatable bonds is 3. The molecule has 6 nitrogen and oxygen atoms in total. The molecule has 1 N–H and O–H groups in total. The summed E-state index contributed by atoms with van der Waals surface area (Å²) in [5.74, 6) is 0.594. The molecule has 0 spiro atoms. The van der Waals surface area contributed by atoms with E-state index in [4.69, 9.17) is 21.6 Å². The molecular weight excluding hydrogens is 398 g/mol. The van der Waals surface area contributed by atoms with Crippen LogP contribution in [-0.2, 0) is 19.5 Å². The van der Waals surface area contributed by atoms with Gasteiger partial charge in [-0.3, -0.25) is 9.69 Å². The van der Waals surface area contributed by atoms with Crippen LogP contribution in [0.3, 0.4) is 0 Å². The Balaban J connectivity index is 1.43. The fourth-order valence-electron chi connectivity index (χ4n) is 4.13. The van der Waals surface area contributed by atoms with Crippen LogP contribution in [0.1, 0.15) is 28.2 Å². The number of aromatic amines is 1. The van der Waals surface area contributed by atoms with E-state index in [2.05, 4.69) is 33.5 Å². The highest BCUT2D eigenvalue weighted by Gasteiger charge is 2.23. The molecule has 1 aliphatic heterocycles. The predicted octanol–water partition coefficient (Wildman–Crippen LogP) is 3.91. The normalized spacial score (nSPS) is 14.2. The summed E-state index contributed by atoms with van der Waals surface area (Å²) in [6.45, 7) is 6.30. The fourth-order valence-corrected chi connectivity index (χ4v) is 4.25. The average molecular weight is 420 g/mol. The van der Waals surface area contributed by atoms with E-state index in [1.807, 2.05) is 25.1 Å². The average Bonchev–Trinajstić information content (AvgIpc) is 3.06. The first-order valence-electron chi connectivity index (χ1n) is 10.0. The van der Waals surface area contributed by atoms with Crippen LogP contribution in [0.4, 0.5) is 0 Å². The summed E-state index contributed by atoms with van der Waals surface area (Å²) < 4.78 is 2.16. The molecule has 4 heterocycles. The van der Waals surface area contributed by atoms with Gasteiger partial charge in [0.05, 0.1) is 22.6 Å². The van der Waals surface area contributed by atoms with E-state index in [1.165, 1.54) is 5.69 Å². The lowest BCUT2D eigenvalue weighted by atomic mass is 10.1. The van der Waals surface area contributed by atoms with Crippen molar-refractivity contribution in [1.82, 2.24) is 24.3 Å². The van der Waals surface area contributed by atoms with E-state index in [1.54, 1.807) is 12.1 Å². The van der Waals surface area contributed by atoms with Gasteiger partial charge in [0.1, 0.15) is 11.5 Å². The minimum Gasteiger partial charge on any atom is -0.306 e. The van der Waals surface area contributed by atoms with Crippen LogP contribution in [0.25, 0.3) is 17.0 Å². The Hall–Kier alpha value is -2.96. The number of aryl methyl sites for hydroxylation is 2. The number of imidazole rings is 1. The molecule has 1 aromatic carbocycles. The number of hydrogen-bond donors (Lipinski definition) is 1. The van der Waals surface area contributed by atoms with Crippen molar-refractivity contribution in [2.24, 2.45) is 0 Å². The highest BCUT2D eigenvalue weighted by molar-refractivity contribution is 6.30.